The van der Waals surface area contributed by atoms with Crippen molar-refractivity contribution in [1.29, 1.82) is 0 Å². The molecule has 0 unspecified atom stereocenters. The van der Waals surface area contributed by atoms with Gasteiger partial charge in [0.15, 0.2) is 0 Å². The number of hydrogen-bond donors (Lipinski definition) is 0. The first-order chi connectivity index (χ1) is 13.5. The molecular weight excluding hydrogens is 383 g/mol. The van der Waals surface area contributed by atoms with Crippen molar-refractivity contribution in [3.63, 3.8) is 0 Å². The van der Waals surface area contributed by atoms with Crippen LogP contribution in [0.2, 0.25) is 0 Å². The molecule has 0 aliphatic heterocycles. The Balaban J connectivity index is 1.47. The van der Waals surface area contributed by atoms with Crippen molar-refractivity contribution in [3.05, 3.63) is 59.4 Å². The van der Waals surface area contributed by atoms with Crippen LogP contribution in [0, 0.1) is 19.7 Å². The molecule has 0 saturated carbocycles. The molecule has 0 amide bonds. The average Bonchev–Trinajstić information content (AvgIpc) is 3.15. The van der Waals surface area contributed by atoms with Crippen LogP contribution in [0.15, 0.2) is 47.6 Å². The molecular formula is C19H19FN4O3S. The fraction of sp³-hybridized carbons (Fsp3) is 0.263. The SMILES string of the molecule is Cc1ccc(C)c(-n2nnnc2SCC(=O)OCCOc2ccc(F)cc2)c1. The van der Waals surface area contributed by atoms with E-state index in [4.69, 9.17) is 9.47 Å². The summed E-state index contributed by atoms with van der Waals surface area (Å²) in [7, 11) is 0. The maximum Gasteiger partial charge on any atom is 0.316 e. The monoisotopic (exact) mass is 402 g/mol. The highest BCUT2D eigenvalue weighted by Gasteiger charge is 2.14. The first-order valence-electron chi connectivity index (χ1n) is 8.56. The number of ether oxygens (including phenoxy) is 2. The van der Waals surface area contributed by atoms with Gasteiger partial charge in [0.05, 0.1) is 11.4 Å². The van der Waals surface area contributed by atoms with E-state index in [2.05, 4.69) is 15.5 Å². The van der Waals surface area contributed by atoms with Crippen molar-refractivity contribution >= 4 is 17.7 Å². The predicted octanol–water partition coefficient (Wildman–Crippen LogP) is 3.13. The summed E-state index contributed by atoms with van der Waals surface area (Å²) < 4.78 is 24.9. The number of aryl methyl sites for hydroxylation is 2. The molecule has 0 radical (unpaired) electrons. The van der Waals surface area contributed by atoms with Crippen LogP contribution in [-0.2, 0) is 9.53 Å². The third-order valence-corrected chi connectivity index (χ3v) is 4.67. The second-order valence-corrected chi connectivity index (χ2v) is 6.92. The third-order valence-electron chi connectivity index (χ3n) is 3.78. The lowest BCUT2D eigenvalue weighted by Gasteiger charge is -2.09. The summed E-state index contributed by atoms with van der Waals surface area (Å²) in [5, 5.41) is 12.2. The molecule has 0 aliphatic carbocycles. The second kappa shape index (κ2) is 9.32. The van der Waals surface area contributed by atoms with Gasteiger partial charge in [0, 0.05) is 0 Å². The van der Waals surface area contributed by atoms with Crippen molar-refractivity contribution in [3.8, 4) is 11.4 Å². The van der Waals surface area contributed by atoms with Crippen molar-refractivity contribution in [2.75, 3.05) is 19.0 Å². The summed E-state index contributed by atoms with van der Waals surface area (Å²) in [5.74, 6) is -0.149. The summed E-state index contributed by atoms with van der Waals surface area (Å²) in [6, 6.07) is 11.6. The van der Waals surface area contributed by atoms with Crippen molar-refractivity contribution < 1.29 is 18.7 Å². The summed E-state index contributed by atoms with van der Waals surface area (Å²) in [5.41, 5.74) is 2.99. The lowest BCUT2D eigenvalue weighted by atomic mass is 10.1. The molecule has 3 aromatic rings. The quantitative estimate of drug-likeness (QED) is 0.325. The Morgan fingerprint density at radius 2 is 1.93 bits per heavy atom. The number of benzene rings is 2. The summed E-state index contributed by atoms with van der Waals surface area (Å²) in [6.45, 7) is 4.24. The molecule has 0 fully saturated rings. The highest BCUT2D eigenvalue weighted by Crippen LogP contribution is 2.21. The van der Waals surface area contributed by atoms with Crippen LogP contribution < -0.4 is 4.74 Å². The molecule has 3 rings (SSSR count). The predicted molar refractivity (Wildman–Crippen MR) is 102 cm³/mol. The Kier molecular flexibility index (Phi) is 6.59. The number of tetrazole rings is 1. The number of carbonyl (C=O) groups excluding carboxylic acids is 1. The molecule has 1 heterocycles. The zero-order chi connectivity index (χ0) is 19.9. The fourth-order valence-corrected chi connectivity index (χ4v) is 3.06. The standard InChI is InChI=1S/C19H19FN4O3S/c1-13-3-4-14(2)17(11-13)24-19(21-22-23-24)28-12-18(25)27-10-9-26-16-7-5-15(20)6-8-16/h3-8,11H,9-10,12H2,1-2H3. The molecule has 28 heavy (non-hydrogen) atoms. The van der Waals surface area contributed by atoms with Crippen LogP contribution in [0.1, 0.15) is 11.1 Å². The van der Waals surface area contributed by atoms with Crippen LogP contribution in [0.3, 0.4) is 0 Å². The van der Waals surface area contributed by atoms with Crippen LogP contribution in [-0.4, -0.2) is 45.1 Å². The molecule has 7 nitrogen and oxygen atoms in total. The minimum Gasteiger partial charge on any atom is -0.490 e. The number of aromatic nitrogens is 4. The molecule has 0 spiro atoms. The van der Waals surface area contributed by atoms with Crippen molar-refractivity contribution in [1.82, 2.24) is 20.2 Å². The number of carbonyl (C=O) groups is 1. The molecule has 0 aliphatic rings. The Hall–Kier alpha value is -2.94. The van der Waals surface area contributed by atoms with Crippen LogP contribution in [0.4, 0.5) is 4.39 Å². The highest BCUT2D eigenvalue weighted by atomic mass is 32.2. The van der Waals surface area contributed by atoms with Crippen LogP contribution >= 0.6 is 11.8 Å². The number of halogens is 1. The Bertz CT molecular complexity index is 947. The van der Waals surface area contributed by atoms with Gasteiger partial charge in [0.2, 0.25) is 5.16 Å². The van der Waals surface area contributed by atoms with Gasteiger partial charge in [0.25, 0.3) is 0 Å². The highest BCUT2D eigenvalue weighted by molar-refractivity contribution is 7.99. The maximum atomic E-state index is 12.8. The van der Waals surface area contributed by atoms with Gasteiger partial charge >= 0.3 is 5.97 Å². The summed E-state index contributed by atoms with van der Waals surface area (Å²) in [6.07, 6.45) is 0. The number of thioether (sulfide) groups is 1. The van der Waals surface area contributed by atoms with Gasteiger partial charge in [-0.25, -0.2) is 4.39 Å². The van der Waals surface area contributed by atoms with Gasteiger partial charge in [-0.3, -0.25) is 4.79 Å². The minimum absolute atomic E-state index is 0.0712. The van der Waals surface area contributed by atoms with E-state index in [0.717, 1.165) is 16.8 Å². The Morgan fingerprint density at radius 3 is 2.71 bits per heavy atom. The summed E-state index contributed by atoms with van der Waals surface area (Å²) in [4.78, 5) is 11.9. The first-order valence-corrected chi connectivity index (χ1v) is 9.54. The normalized spacial score (nSPS) is 10.7. The molecule has 9 heteroatoms. The number of hydrogen-bond acceptors (Lipinski definition) is 7. The first kappa shape index (κ1) is 19.8. The molecule has 0 atom stereocenters. The van der Waals surface area contributed by atoms with Crippen molar-refractivity contribution in [2.45, 2.75) is 19.0 Å². The zero-order valence-electron chi connectivity index (χ0n) is 15.5. The van der Waals surface area contributed by atoms with Crippen LogP contribution in [0.5, 0.6) is 5.75 Å². The van der Waals surface area contributed by atoms with Gasteiger partial charge in [-0.1, -0.05) is 23.9 Å². The van der Waals surface area contributed by atoms with Gasteiger partial charge in [0.1, 0.15) is 24.8 Å². The molecule has 0 N–H and O–H groups in total. The summed E-state index contributed by atoms with van der Waals surface area (Å²) >= 11 is 1.20. The van der Waals surface area contributed by atoms with Gasteiger partial charge in [-0.2, -0.15) is 4.68 Å². The molecule has 2 aromatic carbocycles. The average molecular weight is 402 g/mol. The number of rotatable bonds is 8. The Labute approximate surface area is 165 Å². The van der Waals surface area contributed by atoms with E-state index in [1.807, 2.05) is 32.0 Å². The van der Waals surface area contributed by atoms with E-state index in [9.17, 15) is 9.18 Å². The minimum atomic E-state index is -0.400. The van der Waals surface area contributed by atoms with Gasteiger partial charge < -0.3 is 9.47 Å². The maximum absolute atomic E-state index is 12.8. The third kappa shape index (κ3) is 5.29. The van der Waals surface area contributed by atoms with E-state index in [1.54, 1.807) is 4.68 Å². The molecule has 1 aromatic heterocycles. The second-order valence-electron chi connectivity index (χ2n) is 5.97. The lowest BCUT2D eigenvalue weighted by Crippen LogP contribution is -2.14. The molecule has 0 bridgehead atoms. The lowest BCUT2D eigenvalue weighted by molar-refractivity contribution is -0.141. The van der Waals surface area contributed by atoms with Crippen LogP contribution in [0.25, 0.3) is 5.69 Å². The van der Waals surface area contributed by atoms with Gasteiger partial charge in [-0.05, 0) is 65.7 Å². The molecule has 146 valence electrons. The number of nitrogens with zero attached hydrogens (tertiary/aromatic N) is 4. The largest absolute Gasteiger partial charge is 0.490 e. The van der Waals surface area contributed by atoms with Gasteiger partial charge in [-0.15, -0.1) is 5.10 Å². The van der Waals surface area contributed by atoms with E-state index < -0.39 is 5.97 Å². The fourth-order valence-electron chi connectivity index (χ4n) is 2.38. The van der Waals surface area contributed by atoms with E-state index >= 15 is 0 Å². The van der Waals surface area contributed by atoms with E-state index in [0.29, 0.717) is 10.9 Å². The number of esters is 1. The van der Waals surface area contributed by atoms with E-state index in [1.165, 1.54) is 36.0 Å². The Morgan fingerprint density at radius 1 is 1.14 bits per heavy atom. The van der Waals surface area contributed by atoms with Crippen molar-refractivity contribution in [2.24, 2.45) is 0 Å². The topological polar surface area (TPSA) is 79.1 Å². The van der Waals surface area contributed by atoms with E-state index in [-0.39, 0.29) is 24.8 Å². The molecule has 0 saturated heterocycles. The smallest absolute Gasteiger partial charge is 0.316 e. The zero-order valence-corrected chi connectivity index (χ0v) is 16.3.